The van der Waals surface area contributed by atoms with Crippen molar-refractivity contribution in [1.82, 2.24) is 10.3 Å². The van der Waals surface area contributed by atoms with Crippen molar-refractivity contribution in [2.75, 3.05) is 25.5 Å². The summed E-state index contributed by atoms with van der Waals surface area (Å²) < 4.78 is 40.8. The van der Waals surface area contributed by atoms with Gasteiger partial charge in [0.1, 0.15) is 9.71 Å². The van der Waals surface area contributed by atoms with Crippen molar-refractivity contribution >= 4 is 33.1 Å². The first-order valence-electron chi connectivity index (χ1n) is 8.69. The molecule has 0 saturated heterocycles. The molecule has 0 fully saturated rings. The van der Waals surface area contributed by atoms with E-state index < -0.39 is 17.6 Å². The monoisotopic (exact) mass is 407 g/mol. The van der Waals surface area contributed by atoms with Crippen molar-refractivity contribution in [3.05, 3.63) is 58.1 Å². The van der Waals surface area contributed by atoms with Crippen LogP contribution in [0.25, 0.3) is 10.2 Å². The maximum atomic E-state index is 13.6. The number of aryl methyl sites for hydroxylation is 1. The van der Waals surface area contributed by atoms with E-state index in [0.29, 0.717) is 13.0 Å². The lowest BCUT2D eigenvalue weighted by Gasteiger charge is -2.17. The lowest BCUT2D eigenvalue weighted by atomic mass is 10.1. The minimum absolute atomic E-state index is 0.0266. The Labute approximate surface area is 165 Å². The number of hydrogen-bond acceptors (Lipinski definition) is 4. The van der Waals surface area contributed by atoms with E-state index in [2.05, 4.69) is 10.3 Å². The second-order valence-electron chi connectivity index (χ2n) is 6.65. The normalized spacial score (nSPS) is 11.6. The average Bonchev–Trinajstić information content (AvgIpc) is 3.00. The number of anilines is 1. The zero-order valence-corrected chi connectivity index (χ0v) is 16.5. The number of thiophene rings is 1. The molecule has 0 unspecified atom stereocenters. The number of amides is 1. The number of rotatable bonds is 5. The van der Waals surface area contributed by atoms with Crippen LogP contribution in [0.15, 0.2) is 36.4 Å². The second kappa shape index (κ2) is 7.79. The first-order valence-corrected chi connectivity index (χ1v) is 9.51. The predicted octanol–water partition coefficient (Wildman–Crippen LogP) is 4.66. The Bertz CT molecular complexity index is 997. The van der Waals surface area contributed by atoms with Crippen LogP contribution in [-0.2, 0) is 12.6 Å². The number of aromatic nitrogens is 1. The smallest absolute Gasteiger partial charge is 0.376 e. The number of nitrogens with one attached hydrogen (secondary N) is 1. The van der Waals surface area contributed by atoms with Gasteiger partial charge in [-0.1, -0.05) is 30.3 Å². The van der Waals surface area contributed by atoms with E-state index in [0.717, 1.165) is 23.0 Å². The van der Waals surface area contributed by atoms with Crippen molar-refractivity contribution in [2.45, 2.75) is 19.5 Å². The lowest BCUT2D eigenvalue weighted by molar-refractivity contribution is -0.136. The van der Waals surface area contributed by atoms with Gasteiger partial charge in [-0.15, -0.1) is 11.3 Å². The Morgan fingerprint density at radius 1 is 1.21 bits per heavy atom. The van der Waals surface area contributed by atoms with Crippen molar-refractivity contribution in [3.8, 4) is 0 Å². The molecule has 3 rings (SSSR count). The molecule has 2 heterocycles. The van der Waals surface area contributed by atoms with Gasteiger partial charge in [0.15, 0.2) is 0 Å². The van der Waals surface area contributed by atoms with Crippen LogP contribution < -0.4 is 10.2 Å². The fourth-order valence-corrected chi connectivity index (χ4v) is 4.29. The number of nitrogens with zero attached hydrogens (tertiary/aromatic N) is 2. The van der Waals surface area contributed by atoms with Crippen LogP contribution in [0.2, 0.25) is 0 Å². The minimum atomic E-state index is -4.53. The Morgan fingerprint density at radius 2 is 1.89 bits per heavy atom. The molecule has 1 N–H and O–H groups in total. The largest absolute Gasteiger partial charge is 0.417 e. The maximum absolute atomic E-state index is 13.6. The summed E-state index contributed by atoms with van der Waals surface area (Å²) in [5.41, 5.74) is 0.821. The Balaban J connectivity index is 1.96. The molecule has 0 atom stereocenters. The SMILES string of the molecule is Cc1cc(C(F)(F)F)c2c(N(C)C)c(C(=O)NCCc3ccccc3)sc2n1. The molecule has 1 aromatic carbocycles. The summed E-state index contributed by atoms with van der Waals surface area (Å²) in [5.74, 6) is -0.395. The van der Waals surface area contributed by atoms with Gasteiger partial charge >= 0.3 is 6.18 Å². The zero-order chi connectivity index (χ0) is 20.5. The third kappa shape index (κ3) is 4.11. The lowest BCUT2D eigenvalue weighted by Crippen LogP contribution is -2.26. The molecule has 0 saturated carbocycles. The number of hydrogen-bond donors (Lipinski definition) is 1. The quantitative estimate of drug-likeness (QED) is 0.669. The molecule has 0 aliphatic rings. The number of pyridine rings is 1. The highest BCUT2D eigenvalue weighted by molar-refractivity contribution is 7.21. The van der Waals surface area contributed by atoms with Gasteiger partial charge in [0.05, 0.1) is 11.3 Å². The van der Waals surface area contributed by atoms with Crippen LogP contribution in [0.1, 0.15) is 26.5 Å². The van der Waals surface area contributed by atoms with Gasteiger partial charge in [-0.2, -0.15) is 13.2 Å². The van der Waals surface area contributed by atoms with E-state index in [4.69, 9.17) is 0 Å². The fourth-order valence-electron chi connectivity index (χ4n) is 3.06. The van der Waals surface area contributed by atoms with Gasteiger partial charge in [0.25, 0.3) is 5.91 Å². The number of benzene rings is 1. The summed E-state index contributed by atoms with van der Waals surface area (Å²) in [4.78, 5) is 19.0. The summed E-state index contributed by atoms with van der Waals surface area (Å²) in [7, 11) is 3.25. The molecule has 1 amide bonds. The van der Waals surface area contributed by atoms with E-state index >= 15 is 0 Å². The van der Waals surface area contributed by atoms with E-state index in [9.17, 15) is 18.0 Å². The Morgan fingerprint density at radius 3 is 2.50 bits per heavy atom. The molecule has 8 heteroatoms. The number of fused-ring (bicyclic) bond motifs is 1. The Kier molecular flexibility index (Phi) is 5.60. The van der Waals surface area contributed by atoms with Gasteiger partial charge in [-0.3, -0.25) is 4.79 Å². The van der Waals surface area contributed by atoms with Gasteiger partial charge in [-0.05, 0) is 25.0 Å². The van der Waals surface area contributed by atoms with E-state index in [1.165, 1.54) is 11.8 Å². The van der Waals surface area contributed by atoms with Crippen LogP contribution in [0.3, 0.4) is 0 Å². The van der Waals surface area contributed by atoms with Crippen LogP contribution >= 0.6 is 11.3 Å². The van der Waals surface area contributed by atoms with Crippen molar-refractivity contribution in [2.24, 2.45) is 0 Å². The summed E-state index contributed by atoms with van der Waals surface area (Å²) in [6.07, 6.45) is -3.89. The van der Waals surface area contributed by atoms with Crippen LogP contribution in [0.5, 0.6) is 0 Å². The van der Waals surface area contributed by atoms with Gasteiger partial charge in [-0.25, -0.2) is 4.98 Å². The third-order valence-corrected chi connectivity index (χ3v) is 5.34. The van der Waals surface area contributed by atoms with Gasteiger partial charge < -0.3 is 10.2 Å². The highest BCUT2D eigenvalue weighted by atomic mass is 32.1. The topological polar surface area (TPSA) is 45.2 Å². The van der Waals surface area contributed by atoms with Crippen LogP contribution in [-0.4, -0.2) is 31.5 Å². The van der Waals surface area contributed by atoms with Crippen LogP contribution in [0, 0.1) is 6.92 Å². The third-order valence-electron chi connectivity index (χ3n) is 4.27. The highest BCUT2D eigenvalue weighted by Gasteiger charge is 2.36. The number of carbonyl (C=O) groups excluding carboxylic acids is 1. The van der Waals surface area contributed by atoms with E-state index in [1.54, 1.807) is 14.1 Å². The summed E-state index contributed by atoms with van der Waals surface area (Å²) in [6, 6.07) is 10.7. The average molecular weight is 407 g/mol. The summed E-state index contributed by atoms with van der Waals surface area (Å²) in [6.45, 7) is 1.91. The van der Waals surface area contributed by atoms with Gasteiger partial charge in [0, 0.05) is 31.7 Å². The molecular formula is C20H20F3N3OS. The van der Waals surface area contributed by atoms with Crippen LogP contribution in [0.4, 0.5) is 18.9 Å². The van der Waals surface area contributed by atoms with E-state index in [1.807, 2.05) is 30.3 Å². The molecule has 0 bridgehead atoms. The number of halogens is 3. The molecule has 148 valence electrons. The standard InChI is InChI=1S/C20H20F3N3OS/c1-12-11-14(20(21,22)23)15-16(26(2)3)17(28-19(15)25-12)18(27)24-10-9-13-7-5-4-6-8-13/h4-8,11H,9-10H2,1-3H3,(H,24,27). The predicted molar refractivity (Wildman–Crippen MR) is 106 cm³/mol. The van der Waals surface area contributed by atoms with Gasteiger partial charge in [0.2, 0.25) is 0 Å². The maximum Gasteiger partial charge on any atom is 0.417 e. The first kappa shape index (κ1) is 20.1. The molecule has 3 aromatic rings. The molecule has 28 heavy (non-hydrogen) atoms. The zero-order valence-electron chi connectivity index (χ0n) is 15.7. The van der Waals surface area contributed by atoms with Crippen molar-refractivity contribution in [1.29, 1.82) is 0 Å². The second-order valence-corrected chi connectivity index (χ2v) is 7.65. The van der Waals surface area contributed by atoms with Crippen molar-refractivity contribution < 1.29 is 18.0 Å². The number of carbonyl (C=O) groups is 1. The molecule has 0 aliphatic heterocycles. The highest BCUT2D eigenvalue weighted by Crippen LogP contribution is 2.44. The fraction of sp³-hybridized carbons (Fsp3) is 0.300. The Hall–Kier alpha value is -2.61. The molecular weight excluding hydrogens is 387 g/mol. The summed E-state index contributed by atoms with van der Waals surface area (Å²) >= 11 is 0.986. The molecule has 4 nitrogen and oxygen atoms in total. The summed E-state index contributed by atoms with van der Waals surface area (Å²) in [5, 5.41) is 2.79. The van der Waals surface area contributed by atoms with E-state index in [-0.39, 0.29) is 26.5 Å². The minimum Gasteiger partial charge on any atom is -0.376 e. The molecule has 2 aromatic heterocycles. The first-order chi connectivity index (χ1) is 13.2. The molecule has 0 spiro atoms. The molecule has 0 radical (unpaired) electrons. The van der Waals surface area contributed by atoms with Crippen molar-refractivity contribution in [3.63, 3.8) is 0 Å². The molecule has 0 aliphatic carbocycles. The number of alkyl halides is 3.